The Balaban J connectivity index is 1.62. The quantitative estimate of drug-likeness (QED) is 0.689. The molecule has 2 aliphatic carbocycles. The first-order valence-corrected chi connectivity index (χ1v) is 8.97. The lowest BCUT2D eigenvalue weighted by Crippen LogP contribution is -2.24. The normalized spacial score (nSPS) is 23.4. The third-order valence-electron chi connectivity index (χ3n) is 5.24. The number of rotatable bonds is 4. The van der Waals surface area contributed by atoms with Crippen molar-refractivity contribution in [2.75, 3.05) is 0 Å². The summed E-state index contributed by atoms with van der Waals surface area (Å²) in [6.45, 7) is 2.19. The number of carbonyl (C=O) groups excluding carboxylic acids is 1. The molecule has 1 aromatic carbocycles. The topological polar surface area (TPSA) is 26.3 Å². The summed E-state index contributed by atoms with van der Waals surface area (Å²) >= 11 is 0. The maximum Gasteiger partial charge on any atom is 0.314 e. The lowest BCUT2D eigenvalue weighted by atomic mass is 9.80. The third-order valence-corrected chi connectivity index (χ3v) is 5.24. The van der Waals surface area contributed by atoms with Crippen LogP contribution in [0.1, 0.15) is 63.0 Å². The highest BCUT2D eigenvalue weighted by Crippen LogP contribution is 2.34. The van der Waals surface area contributed by atoms with Crippen molar-refractivity contribution in [1.29, 1.82) is 0 Å². The van der Waals surface area contributed by atoms with Crippen molar-refractivity contribution >= 4 is 12.0 Å². The standard InChI is InChI=1S/C20H24F2O2/c1-2-3-13-4-6-14(7-5-13)20(23)24-17-8-9-18-15(11-17)10-16(21)12-19(18)22/h10-14H,2-9H2,1H3. The molecule has 0 atom stereocenters. The van der Waals surface area contributed by atoms with Crippen molar-refractivity contribution < 1.29 is 18.3 Å². The lowest BCUT2D eigenvalue weighted by Gasteiger charge is -2.27. The highest BCUT2D eigenvalue weighted by atomic mass is 19.1. The predicted octanol–water partition coefficient (Wildman–Crippen LogP) is 5.40. The average Bonchev–Trinajstić information content (AvgIpc) is 2.55. The van der Waals surface area contributed by atoms with E-state index in [1.165, 1.54) is 18.9 Å². The summed E-state index contributed by atoms with van der Waals surface area (Å²) in [5, 5.41) is 0. The van der Waals surface area contributed by atoms with Gasteiger partial charge in [0.05, 0.1) is 5.92 Å². The SMILES string of the molecule is CCCC1CCC(C(=O)OC2=Cc3cc(F)cc(F)c3CC2)CC1. The van der Waals surface area contributed by atoms with E-state index >= 15 is 0 Å². The Morgan fingerprint density at radius 3 is 2.62 bits per heavy atom. The Labute approximate surface area is 141 Å². The highest BCUT2D eigenvalue weighted by molar-refractivity contribution is 5.75. The highest BCUT2D eigenvalue weighted by Gasteiger charge is 2.28. The van der Waals surface area contributed by atoms with Gasteiger partial charge in [-0.15, -0.1) is 0 Å². The van der Waals surface area contributed by atoms with E-state index in [2.05, 4.69) is 6.92 Å². The molecular weight excluding hydrogens is 310 g/mol. The maximum absolute atomic E-state index is 13.7. The van der Waals surface area contributed by atoms with Crippen LogP contribution in [0.2, 0.25) is 0 Å². The molecule has 0 aliphatic heterocycles. The molecule has 2 nitrogen and oxygen atoms in total. The van der Waals surface area contributed by atoms with Gasteiger partial charge in [-0.05, 0) is 61.3 Å². The molecule has 0 bridgehead atoms. The van der Waals surface area contributed by atoms with Gasteiger partial charge in [-0.2, -0.15) is 0 Å². The van der Waals surface area contributed by atoms with Crippen molar-refractivity contribution in [2.45, 2.75) is 58.3 Å². The first kappa shape index (κ1) is 17.1. The Hall–Kier alpha value is -1.71. The van der Waals surface area contributed by atoms with E-state index in [1.807, 2.05) is 0 Å². The van der Waals surface area contributed by atoms with Crippen LogP contribution in [-0.4, -0.2) is 5.97 Å². The van der Waals surface area contributed by atoms with E-state index in [0.29, 0.717) is 29.7 Å². The van der Waals surface area contributed by atoms with Crippen LogP contribution in [0.3, 0.4) is 0 Å². The molecule has 0 spiro atoms. The van der Waals surface area contributed by atoms with Crippen LogP contribution >= 0.6 is 0 Å². The summed E-state index contributed by atoms with van der Waals surface area (Å²) in [5.41, 5.74) is 0.976. The fraction of sp³-hybridized carbons (Fsp3) is 0.550. The van der Waals surface area contributed by atoms with Crippen molar-refractivity contribution in [3.05, 3.63) is 40.7 Å². The molecule has 0 heterocycles. The van der Waals surface area contributed by atoms with Gasteiger partial charge < -0.3 is 4.74 Å². The summed E-state index contributed by atoms with van der Waals surface area (Å²) < 4.78 is 32.6. The molecule has 1 saturated carbocycles. The van der Waals surface area contributed by atoms with Gasteiger partial charge in [0.1, 0.15) is 17.4 Å². The molecule has 0 amide bonds. The van der Waals surface area contributed by atoms with Gasteiger partial charge >= 0.3 is 5.97 Å². The fourth-order valence-corrected chi connectivity index (χ4v) is 3.90. The van der Waals surface area contributed by atoms with Crippen molar-refractivity contribution in [3.63, 3.8) is 0 Å². The number of esters is 1. The number of fused-ring (bicyclic) bond motifs is 1. The van der Waals surface area contributed by atoms with Crippen LogP contribution in [0.4, 0.5) is 8.78 Å². The third kappa shape index (κ3) is 3.85. The molecule has 4 heteroatoms. The smallest absolute Gasteiger partial charge is 0.314 e. The Bertz CT molecular complexity index is 643. The van der Waals surface area contributed by atoms with Crippen molar-refractivity contribution in [2.24, 2.45) is 11.8 Å². The number of hydrogen-bond acceptors (Lipinski definition) is 2. The minimum atomic E-state index is -0.607. The van der Waals surface area contributed by atoms with Gasteiger partial charge in [0.2, 0.25) is 0 Å². The number of benzene rings is 1. The Morgan fingerprint density at radius 2 is 1.92 bits per heavy atom. The predicted molar refractivity (Wildman–Crippen MR) is 89.1 cm³/mol. The van der Waals surface area contributed by atoms with Crippen LogP contribution in [0.5, 0.6) is 0 Å². The summed E-state index contributed by atoms with van der Waals surface area (Å²) in [6, 6.07) is 2.19. The molecule has 24 heavy (non-hydrogen) atoms. The van der Waals surface area contributed by atoms with Crippen LogP contribution in [0.25, 0.3) is 6.08 Å². The second kappa shape index (κ2) is 7.45. The number of ether oxygens (including phenoxy) is 1. The Kier molecular flexibility index (Phi) is 5.32. The Morgan fingerprint density at radius 1 is 1.17 bits per heavy atom. The van der Waals surface area contributed by atoms with Crippen LogP contribution in [0.15, 0.2) is 17.9 Å². The van der Waals surface area contributed by atoms with E-state index in [1.54, 1.807) is 6.08 Å². The molecule has 0 radical (unpaired) electrons. The second-order valence-corrected chi connectivity index (χ2v) is 6.99. The molecular formula is C20H24F2O2. The molecule has 1 aromatic rings. The number of carbonyl (C=O) groups is 1. The van der Waals surface area contributed by atoms with E-state index in [9.17, 15) is 13.6 Å². The van der Waals surface area contributed by atoms with Crippen LogP contribution < -0.4 is 0 Å². The molecule has 2 aliphatic rings. The largest absolute Gasteiger partial charge is 0.431 e. The fourth-order valence-electron chi connectivity index (χ4n) is 3.90. The lowest BCUT2D eigenvalue weighted by molar-refractivity contribution is -0.145. The zero-order valence-electron chi connectivity index (χ0n) is 14.1. The summed E-state index contributed by atoms with van der Waals surface area (Å²) in [5.74, 6) is -0.0923. The maximum atomic E-state index is 13.7. The molecule has 0 aromatic heterocycles. The summed E-state index contributed by atoms with van der Waals surface area (Å²) in [6.07, 6.45) is 8.90. The summed E-state index contributed by atoms with van der Waals surface area (Å²) in [4.78, 5) is 12.4. The zero-order chi connectivity index (χ0) is 17.1. The molecule has 0 N–H and O–H groups in total. The molecule has 0 saturated heterocycles. The van der Waals surface area contributed by atoms with E-state index < -0.39 is 11.6 Å². The number of hydrogen-bond donors (Lipinski definition) is 0. The van der Waals surface area contributed by atoms with E-state index in [4.69, 9.17) is 4.74 Å². The number of allylic oxidation sites excluding steroid dienone is 1. The van der Waals surface area contributed by atoms with Crippen LogP contribution in [0, 0.1) is 23.5 Å². The van der Waals surface area contributed by atoms with E-state index in [-0.39, 0.29) is 11.9 Å². The first-order valence-electron chi connectivity index (χ1n) is 8.97. The van der Waals surface area contributed by atoms with Gasteiger partial charge in [0.25, 0.3) is 0 Å². The monoisotopic (exact) mass is 334 g/mol. The molecule has 1 fully saturated rings. The van der Waals surface area contributed by atoms with Gasteiger partial charge in [0, 0.05) is 12.5 Å². The van der Waals surface area contributed by atoms with Crippen LogP contribution in [-0.2, 0) is 16.0 Å². The van der Waals surface area contributed by atoms with Gasteiger partial charge in [-0.1, -0.05) is 19.8 Å². The van der Waals surface area contributed by atoms with Gasteiger partial charge in [-0.25, -0.2) is 8.78 Å². The molecule has 3 rings (SSSR count). The average molecular weight is 334 g/mol. The van der Waals surface area contributed by atoms with E-state index in [0.717, 1.165) is 37.7 Å². The summed E-state index contributed by atoms with van der Waals surface area (Å²) in [7, 11) is 0. The first-order chi connectivity index (χ1) is 11.6. The molecule has 0 unspecified atom stereocenters. The van der Waals surface area contributed by atoms with Gasteiger partial charge in [0.15, 0.2) is 0 Å². The minimum Gasteiger partial charge on any atom is -0.431 e. The second-order valence-electron chi connectivity index (χ2n) is 6.99. The van der Waals surface area contributed by atoms with Gasteiger partial charge in [-0.3, -0.25) is 4.79 Å². The molecule has 130 valence electrons. The zero-order valence-corrected chi connectivity index (χ0v) is 14.1. The minimum absolute atomic E-state index is 0.0374. The van der Waals surface area contributed by atoms with Crippen molar-refractivity contribution in [1.82, 2.24) is 0 Å². The number of halogens is 2. The van der Waals surface area contributed by atoms with Crippen molar-refractivity contribution in [3.8, 4) is 0 Å².